The highest BCUT2D eigenvalue weighted by Gasteiger charge is 2.28. The molecule has 0 aliphatic carbocycles. The first kappa shape index (κ1) is 13.3. The zero-order chi connectivity index (χ0) is 12.1. The molecule has 2 heterocycles. The third kappa shape index (κ3) is 3.91. The van der Waals surface area contributed by atoms with E-state index in [9.17, 15) is 0 Å². The number of methoxy groups -OCH3 is 1. The highest BCUT2D eigenvalue weighted by molar-refractivity contribution is 4.80. The van der Waals surface area contributed by atoms with Gasteiger partial charge < -0.3 is 14.8 Å². The van der Waals surface area contributed by atoms with Crippen molar-refractivity contribution in [2.75, 3.05) is 40.3 Å². The van der Waals surface area contributed by atoms with Crippen molar-refractivity contribution in [1.82, 2.24) is 10.2 Å². The fourth-order valence-electron chi connectivity index (χ4n) is 2.95. The Hall–Kier alpha value is -0.160. The summed E-state index contributed by atoms with van der Waals surface area (Å²) in [6.45, 7) is 4.35. The van der Waals surface area contributed by atoms with Gasteiger partial charge in [-0.2, -0.15) is 0 Å². The van der Waals surface area contributed by atoms with Gasteiger partial charge in [-0.05, 0) is 39.3 Å². The number of rotatable bonds is 5. The molecule has 17 heavy (non-hydrogen) atoms. The SMILES string of the molecule is CNCC1CCC(CN2CCCC(OC)C2)O1. The summed E-state index contributed by atoms with van der Waals surface area (Å²) in [6, 6.07) is 0. The minimum atomic E-state index is 0.424. The summed E-state index contributed by atoms with van der Waals surface area (Å²) in [5.74, 6) is 0. The average molecular weight is 242 g/mol. The maximum Gasteiger partial charge on any atom is 0.0707 e. The van der Waals surface area contributed by atoms with Gasteiger partial charge in [0.05, 0.1) is 18.3 Å². The molecular weight excluding hydrogens is 216 g/mol. The minimum Gasteiger partial charge on any atom is -0.380 e. The number of nitrogens with one attached hydrogen (secondary N) is 1. The quantitative estimate of drug-likeness (QED) is 0.775. The van der Waals surface area contributed by atoms with Gasteiger partial charge in [0.15, 0.2) is 0 Å². The highest BCUT2D eigenvalue weighted by atomic mass is 16.5. The van der Waals surface area contributed by atoms with Crippen molar-refractivity contribution in [1.29, 1.82) is 0 Å². The molecule has 0 saturated carbocycles. The van der Waals surface area contributed by atoms with E-state index in [1.807, 2.05) is 14.2 Å². The van der Waals surface area contributed by atoms with Gasteiger partial charge in [-0.1, -0.05) is 0 Å². The van der Waals surface area contributed by atoms with Gasteiger partial charge in [0.25, 0.3) is 0 Å². The van der Waals surface area contributed by atoms with Crippen molar-refractivity contribution >= 4 is 0 Å². The predicted octanol–water partition coefficient (Wildman–Crippen LogP) is 0.864. The lowest BCUT2D eigenvalue weighted by Gasteiger charge is -2.33. The molecule has 0 aromatic rings. The Kier molecular flexibility index (Phi) is 5.22. The van der Waals surface area contributed by atoms with Gasteiger partial charge in [-0.25, -0.2) is 0 Å². The van der Waals surface area contributed by atoms with Crippen molar-refractivity contribution in [3.05, 3.63) is 0 Å². The van der Waals surface area contributed by atoms with Crippen LogP contribution in [0.25, 0.3) is 0 Å². The van der Waals surface area contributed by atoms with E-state index in [0.717, 1.165) is 19.6 Å². The van der Waals surface area contributed by atoms with E-state index in [1.165, 1.54) is 32.2 Å². The van der Waals surface area contributed by atoms with E-state index in [-0.39, 0.29) is 0 Å². The van der Waals surface area contributed by atoms with Gasteiger partial charge in [-0.3, -0.25) is 4.90 Å². The Morgan fingerprint density at radius 2 is 2.12 bits per heavy atom. The van der Waals surface area contributed by atoms with E-state index < -0.39 is 0 Å². The monoisotopic (exact) mass is 242 g/mol. The molecule has 0 spiro atoms. The normalized spacial score (nSPS) is 35.3. The average Bonchev–Trinajstić information content (AvgIpc) is 2.77. The van der Waals surface area contributed by atoms with Gasteiger partial charge in [0.1, 0.15) is 0 Å². The summed E-state index contributed by atoms with van der Waals surface area (Å²) in [6.07, 6.45) is 6.16. The van der Waals surface area contributed by atoms with Crippen LogP contribution in [0.5, 0.6) is 0 Å². The predicted molar refractivity (Wildman–Crippen MR) is 68.3 cm³/mol. The van der Waals surface area contributed by atoms with Crippen molar-refractivity contribution < 1.29 is 9.47 Å². The number of ether oxygens (including phenoxy) is 2. The number of nitrogens with zero attached hydrogens (tertiary/aromatic N) is 1. The molecule has 4 heteroatoms. The third-order valence-electron chi connectivity index (χ3n) is 3.88. The molecule has 0 bridgehead atoms. The van der Waals surface area contributed by atoms with E-state index in [1.54, 1.807) is 0 Å². The standard InChI is InChI=1S/C13H26N2O2/c1-14-8-11-5-6-13(17-11)10-15-7-3-4-12(9-15)16-2/h11-14H,3-10H2,1-2H3. The van der Waals surface area contributed by atoms with Crippen LogP contribution < -0.4 is 5.32 Å². The lowest BCUT2D eigenvalue weighted by Crippen LogP contribution is -2.43. The first-order chi connectivity index (χ1) is 8.31. The number of piperidine rings is 1. The first-order valence-electron chi connectivity index (χ1n) is 6.87. The van der Waals surface area contributed by atoms with Crippen LogP contribution in [0.1, 0.15) is 25.7 Å². The van der Waals surface area contributed by atoms with Crippen LogP contribution in [0.15, 0.2) is 0 Å². The molecule has 2 saturated heterocycles. The van der Waals surface area contributed by atoms with Crippen LogP contribution in [0.3, 0.4) is 0 Å². The molecule has 1 N–H and O–H groups in total. The van der Waals surface area contributed by atoms with Crippen LogP contribution >= 0.6 is 0 Å². The zero-order valence-corrected chi connectivity index (χ0v) is 11.2. The van der Waals surface area contributed by atoms with Crippen LogP contribution in [0.4, 0.5) is 0 Å². The molecule has 0 aromatic carbocycles. The second-order valence-electron chi connectivity index (χ2n) is 5.27. The molecule has 100 valence electrons. The van der Waals surface area contributed by atoms with Gasteiger partial charge in [-0.15, -0.1) is 0 Å². The Morgan fingerprint density at radius 1 is 1.29 bits per heavy atom. The maximum atomic E-state index is 6.03. The molecule has 0 amide bonds. The first-order valence-corrected chi connectivity index (χ1v) is 6.87. The van der Waals surface area contributed by atoms with Crippen LogP contribution in [0, 0.1) is 0 Å². The molecule has 2 fully saturated rings. The highest BCUT2D eigenvalue weighted by Crippen LogP contribution is 2.22. The van der Waals surface area contributed by atoms with Crippen molar-refractivity contribution in [2.24, 2.45) is 0 Å². The van der Waals surface area contributed by atoms with E-state index >= 15 is 0 Å². The molecular formula is C13H26N2O2. The molecule has 2 rings (SSSR count). The van der Waals surface area contributed by atoms with Crippen LogP contribution in [-0.4, -0.2) is 63.5 Å². The lowest BCUT2D eigenvalue weighted by atomic mass is 10.1. The zero-order valence-electron chi connectivity index (χ0n) is 11.2. The Balaban J connectivity index is 1.70. The minimum absolute atomic E-state index is 0.424. The molecule has 4 nitrogen and oxygen atoms in total. The third-order valence-corrected chi connectivity index (χ3v) is 3.88. The Morgan fingerprint density at radius 3 is 2.88 bits per heavy atom. The number of hydrogen-bond donors (Lipinski definition) is 1. The topological polar surface area (TPSA) is 33.7 Å². The largest absolute Gasteiger partial charge is 0.380 e. The molecule has 2 aliphatic heterocycles. The fraction of sp³-hybridized carbons (Fsp3) is 1.00. The van der Waals surface area contributed by atoms with Crippen LogP contribution in [0.2, 0.25) is 0 Å². The fourth-order valence-corrected chi connectivity index (χ4v) is 2.95. The molecule has 2 aliphatic rings. The smallest absolute Gasteiger partial charge is 0.0707 e. The van der Waals surface area contributed by atoms with E-state index in [0.29, 0.717) is 18.3 Å². The van der Waals surface area contributed by atoms with Gasteiger partial charge >= 0.3 is 0 Å². The molecule has 0 radical (unpaired) electrons. The summed E-state index contributed by atoms with van der Waals surface area (Å²) in [4.78, 5) is 2.50. The second kappa shape index (κ2) is 6.69. The Bertz CT molecular complexity index is 225. The van der Waals surface area contributed by atoms with Gasteiger partial charge in [0.2, 0.25) is 0 Å². The van der Waals surface area contributed by atoms with Gasteiger partial charge in [0, 0.05) is 26.7 Å². The summed E-state index contributed by atoms with van der Waals surface area (Å²) in [5, 5.41) is 3.19. The van der Waals surface area contributed by atoms with E-state index in [2.05, 4.69) is 10.2 Å². The lowest BCUT2D eigenvalue weighted by molar-refractivity contribution is -0.00938. The number of likely N-dealkylation sites (N-methyl/N-ethyl adjacent to an activating group) is 1. The molecule has 0 aromatic heterocycles. The summed E-state index contributed by atoms with van der Waals surface area (Å²) in [7, 11) is 3.81. The summed E-state index contributed by atoms with van der Waals surface area (Å²) in [5.41, 5.74) is 0. The summed E-state index contributed by atoms with van der Waals surface area (Å²) < 4.78 is 11.5. The number of likely N-dealkylation sites (tertiary alicyclic amines) is 1. The van der Waals surface area contributed by atoms with E-state index in [4.69, 9.17) is 9.47 Å². The second-order valence-corrected chi connectivity index (χ2v) is 5.27. The Labute approximate surface area is 105 Å². The van der Waals surface area contributed by atoms with Crippen LogP contribution in [-0.2, 0) is 9.47 Å². The summed E-state index contributed by atoms with van der Waals surface area (Å²) >= 11 is 0. The van der Waals surface area contributed by atoms with Crippen molar-refractivity contribution in [2.45, 2.75) is 44.0 Å². The van der Waals surface area contributed by atoms with Crippen molar-refractivity contribution in [3.8, 4) is 0 Å². The maximum absolute atomic E-state index is 6.03. The number of hydrogen-bond acceptors (Lipinski definition) is 4. The van der Waals surface area contributed by atoms with Crippen molar-refractivity contribution in [3.63, 3.8) is 0 Å². The molecule has 3 unspecified atom stereocenters. The molecule has 3 atom stereocenters.